The maximum atomic E-state index is 13.3. The Balaban J connectivity index is 1.48. The SMILES string of the molecule is COc1ccc(CN(C[C@@H]2CCCO2)C(=O)Cc2ccc(F)cc2)cc1OCC1(C)COC1. The Morgan fingerprint density at radius 1 is 1.15 bits per heavy atom. The molecule has 2 aliphatic heterocycles. The Morgan fingerprint density at radius 3 is 2.55 bits per heavy atom. The summed E-state index contributed by atoms with van der Waals surface area (Å²) < 4.78 is 35.9. The fraction of sp³-hybridized carbons (Fsp3) is 0.500. The summed E-state index contributed by atoms with van der Waals surface area (Å²) in [7, 11) is 1.62. The number of hydrogen-bond donors (Lipinski definition) is 0. The van der Waals surface area contributed by atoms with Crippen LogP contribution in [-0.2, 0) is 27.2 Å². The van der Waals surface area contributed by atoms with E-state index in [9.17, 15) is 9.18 Å². The van der Waals surface area contributed by atoms with Gasteiger partial charge in [0, 0.05) is 25.1 Å². The summed E-state index contributed by atoms with van der Waals surface area (Å²) in [4.78, 5) is 15.0. The summed E-state index contributed by atoms with van der Waals surface area (Å²) in [5.41, 5.74) is 1.75. The molecule has 1 amide bonds. The van der Waals surface area contributed by atoms with Gasteiger partial charge in [0.15, 0.2) is 11.5 Å². The molecule has 2 heterocycles. The zero-order valence-corrected chi connectivity index (χ0v) is 19.3. The van der Waals surface area contributed by atoms with Crippen molar-refractivity contribution in [2.75, 3.05) is 40.1 Å². The lowest BCUT2D eigenvalue weighted by molar-refractivity contribution is -0.132. The molecule has 178 valence electrons. The molecule has 4 rings (SSSR count). The van der Waals surface area contributed by atoms with Crippen LogP contribution in [0, 0.1) is 11.2 Å². The second-order valence-electron chi connectivity index (χ2n) is 9.29. The Kier molecular flexibility index (Phi) is 7.50. The van der Waals surface area contributed by atoms with E-state index in [-0.39, 0.29) is 29.7 Å². The van der Waals surface area contributed by atoms with E-state index >= 15 is 0 Å². The minimum atomic E-state index is -0.310. The molecule has 0 N–H and O–H groups in total. The maximum absolute atomic E-state index is 13.3. The van der Waals surface area contributed by atoms with Gasteiger partial charge in [-0.25, -0.2) is 4.39 Å². The van der Waals surface area contributed by atoms with Crippen molar-refractivity contribution >= 4 is 5.91 Å². The van der Waals surface area contributed by atoms with Crippen LogP contribution in [0.15, 0.2) is 42.5 Å². The average Bonchev–Trinajstić information content (AvgIpc) is 3.31. The Morgan fingerprint density at radius 2 is 1.91 bits per heavy atom. The summed E-state index contributed by atoms with van der Waals surface area (Å²) in [6, 6.07) is 11.8. The number of carbonyl (C=O) groups excluding carboxylic acids is 1. The second-order valence-corrected chi connectivity index (χ2v) is 9.29. The number of ether oxygens (including phenoxy) is 4. The van der Waals surface area contributed by atoms with E-state index in [1.54, 1.807) is 19.2 Å². The van der Waals surface area contributed by atoms with Crippen molar-refractivity contribution in [3.8, 4) is 11.5 Å². The summed E-state index contributed by atoms with van der Waals surface area (Å²) >= 11 is 0. The van der Waals surface area contributed by atoms with Crippen LogP contribution in [0.25, 0.3) is 0 Å². The van der Waals surface area contributed by atoms with Crippen LogP contribution in [0.3, 0.4) is 0 Å². The fourth-order valence-corrected chi connectivity index (χ4v) is 4.12. The van der Waals surface area contributed by atoms with Crippen molar-refractivity contribution in [3.05, 3.63) is 59.4 Å². The van der Waals surface area contributed by atoms with Gasteiger partial charge in [-0.1, -0.05) is 25.1 Å². The van der Waals surface area contributed by atoms with E-state index < -0.39 is 0 Å². The molecule has 6 nitrogen and oxygen atoms in total. The molecule has 2 fully saturated rings. The molecule has 7 heteroatoms. The predicted octanol–water partition coefficient (Wildman–Crippen LogP) is 4.00. The molecule has 0 unspecified atom stereocenters. The van der Waals surface area contributed by atoms with Gasteiger partial charge in [-0.2, -0.15) is 0 Å². The lowest BCUT2D eigenvalue weighted by atomic mass is 9.90. The van der Waals surface area contributed by atoms with Crippen LogP contribution in [0.2, 0.25) is 0 Å². The molecular weight excluding hydrogens is 425 g/mol. The third kappa shape index (κ3) is 6.24. The smallest absolute Gasteiger partial charge is 0.227 e. The summed E-state index contributed by atoms with van der Waals surface area (Å²) in [6.45, 7) is 5.72. The normalized spacial score (nSPS) is 19.1. The average molecular weight is 458 g/mol. The summed E-state index contributed by atoms with van der Waals surface area (Å²) in [6.07, 6.45) is 2.20. The highest BCUT2D eigenvalue weighted by molar-refractivity contribution is 5.78. The van der Waals surface area contributed by atoms with Gasteiger partial charge >= 0.3 is 0 Å². The van der Waals surface area contributed by atoms with E-state index in [0.717, 1.165) is 30.6 Å². The molecule has 33 heavy (non-hydrogen) atoms. The zero-order chi connectivity index (χ0) is 23.3. The number of methoxy groups -OCH3 is 1. The number of rotatable bonds is 10. The van der Waals surface area contributed by atoms with Crippen molar-refractivity contribution < 1.29 is 28.1 Å². The highest BCUT2D eigenvalue weighted by Gasteiger charge is 2.34. The van der Waals surface area contributed by atoms with E-state index in [1.807, 2.05) is 23.1 Å². The highest BCUT2D eigenvalue weighted by Crippen LogP contribution is 2.33. The van der Waals surface area contributed by atoms with Gasteiger partial charge in [-0.3, -0.25) is 4.79 Å². The summed E-state index contributed by atoms with van der Waals surface area (Å²) in [5.74, 6) is 0.988. The quantitative estimate of drug-likeness (QED) is 0.540. The molecule has 0 aliphatic carbocycles. The molecular formula is C26H32FNO5. The molecule has 0 spiro atoms. The first kappa shape index (κ1) is 23.5. The van der Waals surface area contributed by atoms with Crippen LogP contribution in [0.1, 0.15) is 30.9 Å². The predicted molar refractivity (Wildman–Crippen MR) is 122 cm³/mol. The standard InChI is InChI=1S/C26H32FNO5/c1-26(16-31-17-26)18-33-24-12-20(7-10-23(24)30-2)14-28(15-22-4-3-11-32-22)25(29)13-19-5-8-21(27)9-6-19/h5-10,12,22H,3-4,11,13-18H2,1-2H3/t22-/m0/s1. The Labute approximate surface area is 194 Å². The molecule has 1 atom stereocenters. The molecule has 0 bridgehead atoms. The minimum absolute atomic E-state index is 0.0119. The van der Waals surface area contributed by atoms with Crippen LogP contribution in [0.4, 0.5) is 4.39 Å². The second kappa shape index (κ2) is 10.5. The first-order valence-electron chi connectivity index (χ1n) is 11.5. The number of carbonyl (C=O) groups is 1. The monoisotopic (exact) mass is 457 g/mol. The summed E-state index contributed by atoms with van der Waals surface area (Å²) in [5, 5.41) is 0. The number of halogens is 1. The Hall–Kier alpha value is -2.64. The molecule has 0 radical (unpaired) electrons. The number of nitrogens with zero attached hydrogens (tertiary/aromatic N) is 1. The first-order valence-corrected chi connectivity index (χ1v) is 11.5. The fourth-order valence-electron chi connectivity index (χ4n) is 4.12. The molecule has 2 aromatic rings. The van der Waals surface area contributed by atoms with Crippen LogP contribution in [-0.4, -0.2) is 57.0 Å². The number of hydrogen-bond acceptors (Lipinski definition) is 5. The van der Waals surface area contributed by atoms with Crippen molar-refractivity contribution in [1.29, 1.82) is 0 Å². The zero-order valence-electron chi connectivity index (χ0n) is 19.3. The van der Waals surface area contributed by atoms with E-state index in [2.05, 4.69) is 6.92 Å². The molecule has 0 saturated carbocycles. The maximum Gasteiger partial charge on any atom is 0.227 e. The van der Waals surface area contributed by atoms with Gasteiger partial charge in [0.1, 0.15) is 5.82 Å². The van der Waals surface area contributed by atoms with Gasteiger partial charge in [0.05, 0.1) is 39.5 Å². The van der Waals surface area contributed by atoms with Gasteiger partial charge in [0.2, 0.25) is 5.91 Å². The lowest BCUT2D eigenvalue weighted by Crippen LogP contribution is -2.44. The first-order chi connectivity index (χ1) is 15.9. The van der Waals surface area contributed by atoms with Crippen molar-refractivity contribution in [1.82, 2.24) is 4.90 Å². The van der Waals surface area contributed by atoms with E-state index in [1.165, 1.54) is 12.1 Å². The van der Waals surface area contributed by atoms with Crippen molar-refractivity contribution in [2.24, 2.45) is 5.41 Å². The molecule has 2 saturated heterocycles. The van der Waals surface area contributed by atoms with Crippen molar-refractivity contribution in [3.63, 3.8) is 0 Å². The van der Waals surface area contributed by atoms with Gasteiger partial charge < -0.3 is 23.8 Å². The van der Waals surface area contributed by atoms with Crippen LogP contribution in [0.5, 0.6) is 11.5 Å². The van der Waals surface area contributed by atoms with Gasteiger partial charge in [0.25, 0.3) is 0 Å². The van der Waals surface area contributed by atoms with E-state index in [4.69, 9.17) is 18.9 Å². The highest BCUT2D eigenvalue weighted by atomic mass is 19.1. The molecule has 2 aromatic carbocycles. The lowest BCUT2D eigenvalue weighted by Gasteiger charge is -2.37. The van der Waals surface area contributed by atoms with Gasteiger partial charge in [-0.15, -0.1) is 0 Å². The van der Waals surface area contributed by atoms with Crippen molar-refractivity contribution in [2.45, 2.75) is 38.8 Å². The van der Waals surface area contributed by atoms with Crippen LogP contribution < -0.4 is 9.47 Å². The molecule has 2 aliphatic rings. The third-order valence-electron chi connectivity index (χ3n) is 6.15. The minimum Gasteiger partial charge on any atom is -0.493 e. The van der Waals surface area contributed by atoms with Crippen LogP contribution >= 0.6 is 0 Å². The van der Waals surface area contributed by atoms with Gasteiger partial charge in [-0.05, 0) is 48.2 Å². The third-order valence-corrected chi connectivity index (χ3v) is 6.15. The number of benzene rings is 2. The topological polar surface area (TPSA) is 57.2 Å². The number of amides is 1. The van der Waals surface area contributed by atoms with E-state index in [0.29, 0.717) is 44.4 Å². The Bertz CT molecular complexity index is 938. The molecule has 0 aromatic heterocycles. The largest absolute Gasteiger partial charge is 0.493 e.